The zero-order valence-electron chi connectivity index (χ0n) is 5.96. The zero-order chi connectivity index (χ0) is 8.15. The van der Waals surface area contributed by atoms with Crippen molar-refractivity contribution >= 4 is 11.8 Å². The van der Waals surface area contributed by atoms with Gasteiger partial charge in [0.2, 0.25) is 5.78 Å². The lowest BCUT2D eigenvalue weighted by Crippen LogP contribution is -2.19. The molecule has 0 bridgehead atoms. The number of methoxy groups -OCH3 is 1. The summed E-state index contributed by atoms with van der Waals surface area (Å²) in [5, 5.41) is 8.12. The Labute approximate surface area is 58.8 Å². The minimum atomic E-state index is -1.40. The van der Waals surface area contributed by atoms with E-state index in [-0.39, 0.29) is 12.5 Å². The molecule has 0 heterocycles. The average Bonchev–Trinajstić information content (AvgIpc) is 1.87. The Bertz CT molecular complexity index is 141. The Morgan fingerprint density at radius 1 is 1.60 bits per heavy atom. The molecule has 4 nitrogen and oxygen atoms in total. The summed E-state index contributed by atoms with van der Waals surface area (Å²) in [6.07, 6.45) is -0.380. The number of carbonyl (C=O) groups excluding carboxylic acids is 1. The van der Waals surface area contributed by atoms with Crippen LogP contribution in [0.1, 0.15) is 13.3 Å². The number of carbonyl (C=O) groups is 2. The molecule has 1 atom stereocenters. The fourth-order valence-electron chi connectivity index (χ4n) is 0.432. The molecule has 0 aromatic rings. The van der Waals surface area contributed by atoms with Gasteiger partial charge in [-0.25, -0.2) is 4.79 Å². The molecule has 0 aliphatic rings. The largest absolute Gasteiger partial charge is 0.475 e. The number of Topliss-reactive ketones (excluding diaryl/α,β-unsaturated/α-hetero) is 1. The smallest absolute Gasteiger partial charge is 0.372 e. The first-order chi connectivity index (χ1) is 4.57. The zero-order valence-corrected chi connectivity index (χ0v) is 5.96. The number of rotatable bonds is 4. The first kappa shape index (κ1) is 9.10. The Balaban J connectivity index is 3.68. The maximum atomic E-state index is 10.4. The van der Waals surface area contributed by atoms with Crippen molar-refractivity contribution in [3.63, 3.8) is 0 Å². The number of hydrogen-bond acceptors (Lipinski definition) is 3. The molecule has 0 saturated carbocycles. The van der Waals surface area contributed by atoms with Gasteiger partial charge in [0.05, 0.1) is 6.10 Å². The van der Waals surface area contributed by atoms with Crippen LogP contribution in [0, 0.1) is 0 Å². The lowest BCUT2D eigenvalue weighted by molar-refractivity contribution is -0.150. The summed E-state index contributed by atoms with van der Waals surface area (Å²) in [6, 6.07) is 0. The van der Waals surface area contributed by atoms with E-state index in [0.717, 1.165) is 0 Å². The van der Waals surface area contributed by atoms with Crippen molar-refractivity contribution in [1.82, 2.24) is 0 Å². The second-order valence-electron chi connectivity index (χ2n) is 1.98. The van der Waals surface area contributed by atoms with E-state index in [1.54, 1.807) is 6.92 Å². The molecule has 58 valence electrons. The summed E-state index contributed by atoms with van der Waals surface area (Å²) in [7, 11) is 1.43. The minimum absolute atomic E-state index is 0.0637. The van der Waals surface area contributed by atoms with E-state index in [4.69, 9.17) is 5.11 Å². The first-order valence-electron chi connectivity index (χ1n) is 2.86. The van der Waals surface area contributed by atoms with Crippen molar-refractivity contribution in [2.24, 2.45) is 0 Å². The molecule has 0 aromatic carbocycles. The molecule has 0 aliphatic heterocycles. The van der Waals surface area contributed by atoms with Crippen LogP contribution in [-0.4, -0.2) is 30.1 Å². The Kier molecular flexibility index (Phi) is 3.64. The molecule has 0 rings (SSSR count). The predicted octanol–water partition coefficient (Wildman–Crippen LogP) is 0.0651. The lowest BCUT2D eigenvalue weighted by Gasteiger charge is -2.04. The molecule has 0 aliphatic carbocycles. The van der Waals surface area contributed by atoms with Gasteiger partial charge >= 0.3 is 5.97 Å². The van der Waals surface area contributed by atoms with Gasteiger partial charge in [-0.2, -0.15) is 0 Å². The molecule has 10 heavy (non-hydrogen) atoms. The third-order valence-electron chi connectivity index (χ3n) is 1.11. The predicted molar refractivity (Wildman–Crippen MR) is 33.7 cm³/mol. The van der Waals surface area contributed by atoms with E-state index in [1.165, 1.54) is 7.11 Å². The van der Waals surface area contributed by atoms with Crippen LogP contribution in [0.2, 0.25) is 0 Å². The van der Waals surface area contributed by atoms with Crippen LogP contribution in [0.25, 0.3) is 0 Å². The van der Waals surface area contributed by atoms with Crippen molar-refractivity contribution in [2.75, 3.05) is 7.11 Å². The molecular formula is C6H10O4. The highest BCUT2D eigenvalue weighted by Gasteiger charge is 2.14. The van der Waals surface area contributed by atoms with Gasteiger partial charge in [-0.05, 0) is 6.92 Å². The SMILES string of the molecule is COC(C)CC(=O)C(=O)O. The van der Waals surface area contributed by atoms with Crippen molar-refractivity contribution in [2.45, 2.75) is 19.4 Å². The van der Waals surface area contributed by atoms with Gasteiger partial charge in [0.15, 0.2) is 0 Å². The van der Waals surface area contributed by atoms with E-state index in [1.807, 2.05) is 0 Å². The number of carboxylic acid groups (broad SMARTS) is 1. The monoisotopic (exact) mass is 146 g/mol. The van der Waals surface area contributed by atoms with Crippen molar-refractivity contribution in [3.05, 3.63) is 0 Å². The summed E-state index contributed by atoms with van der Waals surface area (Å²) in [5.74, 6) is -2.21. The number of ether oxygens (including phenoxy) is 1. The molecule has 0 amide bonds. The van der Waals surface area contributed by atoms with Crippen molar-refractivity contribution in [1.29, 1.82) is 0 Å². The highest BCUT2D eigenvalue weighted by molar-refractivity contribution is 6.32. The summed E-state index contributed by atoms with van der Waals surface area (Å²) in [6.45, 7) is 1.64. The topological polar surface area (TPSA) is 63.6 Å². The van der Waals surface area contributed by atoms with Crippen LogP contribution >= 0.6 is 0 Å². The summed E-state index contributed by atoms with van der Waals surface area (Å²) >= 11 is 0. The molecule has 0 aromatic heterocycles. The van der Waals surface area contributed by atoms with Gasteiger partial charge in [-0.15, -0.1) is 0 Å². The molecule has 0 fully saturated rings. The maximum Gasteiger partial charge on any atom is 0.372 e. The quantitative estimate of drug-likeness (QED) is 0.570. The summed E-state index contributed by atoms with van der Waals surface area (Å²) in [4.78, 5) is 20.4. The maximum absolute atomic E-state index is 10.4. The van der Waals surface area contributed by atoms with Crippen LogP contribution in [-0.2, 0) is 14.3 Å². The Morgan fingerprint density at radius 3 is 2.40 bits per heavy atom. The summed E-state index contributed by atoms with van der Waals surface area (Å²) in [5.41, 5.74) is 0. The van der Waals surface area contributed by atoms with Crippen LogP contribution in [0.4, 0.5) is 0 Å². The van der Waals surface area contributed by atoms with Gasteiger partial charge in [0, 0.05) is 13.5 Å². The van der Waals surface area contributed by atoms with Gasteiger partial charge in [-0.3, -0.25) is 4.79 Å². The van der Waals surface area contributed by atoms with Gasteiger partial charge in [0.25, 0.3) is 0 Å². The molecule has 0 spiro atoms. The molecule has 4 heteroatoms. The molecule has 0 radical (unpaired) electrons. The van der Waals surface area contributed by atoms with E-state index >= 15 is 0 Å². The molecule has 1 unspecified atom stereocenters. The normalized spacial score (nSPS) is 12.6. The lowest BCUT2D eigenvalue weighted by atomic mass is 10.2. The third-order valence-corrected chi connectivity index (χ3v) is 1.11. The van der Waals surface area contributed by atoms with Crippen LogP contribution < -0.4 is 0 Å². The minimum Gasteiger partial charge on any atom is -0.475 e. The second-order valence-corrected chi connectivity index (χ2v) is 1.98. The highest BCUT2D eigenvalue weighted by atomic mass is 16.5. The third kappa shape index (κ3) is 3.19. The Morgan fingerprint density at radius 2 is 2.10 bits per heavy atom. The Hall–Kier alpha value is -0.900. The average molecular weight is 146 g/mol. The number of carboxylic acids is 1. The highest BCUT2D eigenvalue weighted by Crippen LogP contribution is 1.95. The van der Waals surface area contributed by atoms with Crippen LogP contribution in [0.15, 0.2) is 0 Å². The summed E-state index contributed by atoms with van der Waals surface area (Å²) < 4.78 is 4.69. The molecular weight excluding hydrogens is 136 g/mol. The number of ketones is 1. The fourth-order valence-corrected chi connectivity index (χ4v) is 0.432. The van der Waals surface area contributed by atoms with E-state index in [9.17, 15) is 9.59 Å². The van der Waals surface area contributed by atoms with Crippen molar-refractivity contribution in [3.8, 4) is 0 Å². The fraction of sp³-hybridized carbons (Fsp3) is 0.667. The van der Waals surface area contributed by atoms with Crippen LogP contribution in [0.3, 0.4) is 0 Å². The second kappa shape index (κ2) is 4.00. The molecule has 1 N–H and O–H groups in total. The van der Waals surface area contributed by atoms with Gasteiger partial charge < -0.3 is 9.84 Å². The number of hydrogen-bond donors (Lipinski definition) is 1. The standard InChI is InChI=1S/C6H10O4/c1-4(10-2)3-5(7)6(8)9/h4H,3H2,1-2H3,(H,8,9). The van der Waals surface area contributed by atoms with E-state index < -0.39 is 11.8 Å². The van der Waals surface area contributed by atoms with Crippen molar-refractivity contribution < 1.29 is 19.4 Å². The van der Waals surface area contributed by atoms with Gasteiger partial charge in [0.1, 0.15) is 0 Å². The van der Waals surface area contributed by atoms with E-state index in [0.29, 0.717) is 0 Å². The first-order valence-corrected chi connectivity index (χ1v) is 2.86. The van der Waals surface area contributed by atoms with Crippen LogP contribution in [0.5, 0.6) is 0 Å². The molecule has 0 saturated heterocycles. The van der Waals surface area contributed by atoms with Gasteiger partial charge in [-0.1, -0.05) is 0 Å². The number of aliphatic carboxylic acids is 1. The van der Waals surface area contributed by atoms with E-state index in [2.05, 4.69) is 4.74 Å².